The molecule has 0 aromatic carbocycles. The number of aromatic nitrogens is 3. The van der Waals surface area contributed by atoms with Gasteiger partial charge in [-0.3, -0.25) is 0 Å². The first-order chi connectivity index (χ1) is 8.50. The topological polar surface area (TPSA) is 88.4 Å². The number of hydrogen-bond donors (Lipinski definition) is 2. The Morgan fingerprint density at radius 1 is 1.44 bits per heavy atom. The van der Waals surface area contributed by atoms with Crippen LogP contribution in [-0.4, -0.2) is 42.4 Å². The van der Waals surface area contributed by atoms with E-state index in [2.05, 4.69) is 36.1 Å². The molecular formula is C9H12BrN5O2S. The van der Waals surface area contributed by atoms with Crippen LogP contribution in [0, 0.1) is 0 Å². The standard InChI is InChI=1S/C9H12BrN5O2S/c1-11-18(16,17)5-4-12-9-13-8-3-2-7(10)6-15(8)14-9/h2-3,6,11H,4-5H2,1H3,(H,12,14). The Bertz CT molecular complexity index is 654. The van der Waals surface area contributed by atoms with Crippen LogP contribution in [0.5, 0.6) is 0 Å². The molecule has 0 amide bonds. The van der Waals surface area contributed by atoms with Gasteiger partial charge in [-0.15, -0.1) is 5.10 Å². The molecule has 0 saturated heterocycles. The van der Waals surface area contributed by atoms with E-state index in [0.717, 1.165) is 4.47 Å². The summed E-state index contributed by atoms with van der Waals surface area (Å²) in [5.41, 5.74) is 0.692. The Morgan fingerprint density at radius 3 is 2.94 bits per heavy atom. The quantitative estimate of drug-likeness (QED) is 0.829. The molecule has 0 radical (unpaired) electrons. The number of anilines is 1. The van der Waals surface area contributed by atoms with Gasteiger partial charge in [0, 0.05) is 17.2 Å². The second-order valence-electron chi connectivity index (χ2n) is 3.54. The van der Waals surface area contributed by atoms with Crippen LogP contribution in [0.1, 0.15) is 0 Å². The molecule has 2 rings (SSSR count). The third kappa shape index (κ3) is 3.18. The second kappa shape index (κ2) is 5.21. The van der Waals surface area contributed by atoms with Crippen LogP contribution >= 0.6 is 15.9 Å². The van der Waals surface area contributed by atoms with E-state index >= 15 is 0 Å². The maximum atomic E-state index is 11.2. The molecule has 0 aliphatic rings. The normalized spacial score (nSPS) is 11.9. The molecule has 2 aromatic rings. The SMILES string of the molecule is CNS(=O)(=O)CCNc1nc2ccc(Br)cn2n1. The first-order valence-electron chi connectivity index (χ1n) is 5.17. The van der Waals surface area contributed by atoms with Gasteiger partial charge in [-0.05, 0) is 35.1 Å². The van der Waals surface area contributed by atoms with Gasteiger partial charge >= 0.3 is 0 Å². The molecule has 0 unspecified atom stereocenters. The smallest absolute Gasteiger partial charge is 0.243 e. The molecule has 0 saturated carbocycles. The number of nitrogens with one attached hydrogen (secondary N) is 2. The van der Waals surface area contributed by atoms with Gasteiger partial charge in [0.1, 0.15) is 0 Å². The fraction of sp³-hybridized carbons (Fsp3) is 0.333. The minimum atomic E-state index is -3.21. The van der Waals surface area contributed by atoms with E-state index < -0.39 is 10.0 Å². The molecule has 2 aromatic heterocycles. The highest BCUT2D eigenvalue weighted by molar-refractivity contribution is 9.10. The number of pyridine rings is 1. The monoisotopic (exact) mass is 333 g/mol. The van der Waals surface area contributed by atoms with E-state index in [-0.39, 0.29) is 12.3 Å². The highest BCUT2D eigenvalue weighted by atomic mass is 79.9. The van der Waals surface area contributed by atoms with E-state index in [1.807, 2.05) is 12.1 Å². The molecule has 0 spiro atoms. The van der Waals surface area contributed by atoms with Crippen molar-refractivity contribution in [1.29, 1.82) is 0 Å². The van der Waals surface area contributed by atoms with Gasteiger partial charge in [0.2, 0.25) is 16.0 Å². The van der Waals surface area contributed by atoms with Crippen molar-refractivity contribution in [3.63, 3.8) is 0 Å². The van der Waals surface area contributed by atoms with Crippen LogP contribution in [0.4, 0.5) is 5.95 Å². The molecule has 0 aliphatic carbocycles. The first-order valence-corrected chi connectivity index (χ1v) is 7.62. The van der Waals surface area contributed by atoms with Crippen molar-refractivity contribution in [3.8, 4) is 0 Å². The van der Waals surface area contributed by atoms with E-state index in [0.29, 0.717) is 11.6 Å². The summed E-state index contributed by atoms with van der Waals surface area (Å²) >= 11 is 3.33. The average Bonchev–Trinajstić information content (AvgIpc) is 2.70. The van der Waals surface area contributed by atoms with Gasteiger partial charge in [-0.2, -0.15) is 4.98 Å². The highest BCUT2D eigenvalue weighted by Gasteiger charge is 2.08. The van der Waals surface area contributed by atoms with Crippen LogP contribution < -0.4 is 10.0 Å². The fourth-order valence-electron chi connectivity index (χ4n) is 1.33. The lowest BCUT2D eigenvalue weighted by Gasteiger charge is -2.02. The maximum absolute atomic E-state index is 11.2. The number of nitrogens with zero attached hydrogens (tertiary/aromatic N) is 3. The maximum Gasteiger partial charge on any atom is 0.243 e. The van der Waals surface area contributed by atoms with Crippen LogP contribution in [0.3, 0.4) is 0 Å². The Balaban J connectivity index is 2.04. The molecule has 98 valence electrons. The number of sulfonamides is 1. The van der Waals surface area contributed by atoms with E-state index in [1.165, 1.54) is 7.05 Å². The largest absolute Gasteiger partial charge is 0.352 e. The fourth-order valence-corrected chi connectivity index (χ4v) is 2.23. The third-order valence-corrected chi connectivity index (χ3v) is 4.09. The summed E-state index contributed by atoms with van der Waals surface area (Å²) in [5, 5.41) is 7.03. The molecule has 2 heterocycles. The summed E-state index contributed by atoms with van der Waals surface area (Å²) in [4.78, 5) is 4.20. The van der Waals surface area contributed by atoms with Gasteiger partial charge in [0.25, 0.3) is 0 Å². The Morgan fingerprint density at radius 2 is 2.22 bits per heavy atom. The Labute approximate surface area is 113 Å². The number of hydrogen-bond acceptors (Lipinski definition) is 5. The molecular weight excluding hydrogens is 322 g/mol. The zero-order valence-corrected chi connectivity index (χ0v) is 12.0. The van der Waals surface area contributed by atoms with Crippen LogP contribution in [-0.2, 0) is 10.0 Å². The molecule has 0 fully saturated rings. The van der Waals surface area contributed by atoms with Crippen molar-refractivity contribution in [3.05, 3.63) is 22.8 Å². The lowest BCUT2D eigenvalue weighted by molar-refractivity contribution is 0.588. The molecule has 2 N–H and O–H groups in total. The number of rotatable bonds is 5. The summed E-state index contributed by atoms with van der Waals surface area (Å²) < 4.78 is 27.2. The first kappa shape index (κ1) is 13.2. The molecule has 18 heavy (non-hydrogen) atoms. The second-order valence-corrected chi connectivity index (χ2v) is 6.50. The summed E-state index contributed by atoms with van der Waals surface area (Å²) in [5.74, 6) is 0.377. The van der Waals surface area contributed by atoms with Gasteiger partial charge in [0.15, 0.2) is 5.65 Å². The zero-order chi connectivity index (χ0) is 13.2. The summed E-state index contributed by atoms with van der Waals surface area (Å²) in [6, 6.07) is 3.67. The lowest BCUT2D eigenvalue weighted by Crippen LogP contribution is -2.26. The minimum absolute atomic E-state index is 0.0251. The summed E-state index contributed by atoms with van der Waals surface area (Å²) in [6.07, 6.45) is 1.78. The molecule has 9 heteroatoms. The predicted octanol–water partition coefficient (Wildman–Crippen LogP) is 0.453. The summed E-state index contributed by atoms with van der Waals surface area (Å²) in [6.45, 7) is 0.251. The molecule has 7 nitrogen and oxygen atoms in total. The number of fused-ring (bicyclic) bond motifs is 1. The van der Waals surface area contributed by atoms with Crippen molar-refractivity contribution in [2.75, 3.05) is 24.7 Å². The molecule has 0 atom stereocenters. The van der Waals surface area contributed by atoms with Gasteiger partial charge in [-0.25, -0.2) is 17.7 Å². The van der Waals surface area contributed by atoms with Crippen LogP contribution in [0.25, 0.3) is 5.65 Å². The van der Waals surface area contributed by atoms with E-state index in [9.17, 15) is 8.42 Å². The van der Waals surface area contributed by atoms with E-state index in [1.54, 1.807) is 10.7 Å². The third-order valence-electron chi connectivity index (χ3n) is 2.26. The molecule has 0 bridgehead atoms. The zero-order valence-electron chi connectivity index (χ0n) is 9.59. The highest BCUT2D eigenvalue weighted by Crippen LogP contribution is 2.11. The van der Waals surface area contributed by atoms with Crippen LogP contribution in [0.2, 0.25) is 0 Å². The Hall–Kier alpha value is -1.19. The van der Waals surface area contributed by atoms with Crippen LogP contribution in [0.15, 0.2) is 22.8 Å². The van der Waals surface area contributed by atoms with Gasteiger partial charge in [0.05, 0.1) is 5.75 Å². The van der Waals surface area contributed by atoms with Gasteiger partial charge < -0.3 is 5.32 Å². The lowest BCUT2D eigenvalue weighted by atomic mass is 10.5. The van der Waals surface area contributed by atoms with Gasteiger partial charge in [-0.1, -0.05) is 0 Å². The van der Waals surface area contributed by atoms with Crippen molar-refractivity contribution < 1.29 is 8.42 Å². The van der Waals surface area contributed by atoms with Crippen molar-refractivity contribution in [2.24, 2.45) is 0 Å². The summed E-state index contributed by atoms with van der Waals surface area (Å²) in [7, 11) is -1.82. The van der Waals surface area contributed by atoms with Crippen molar-refractivity contribution >= 4 is 37.5 Å². The van der Waals surface area contributed by atoms with Crippen molar-refractivity contribution in [1.82, 2.24) is 19.3 Å². The van der Waals surface area contributed by atoms with Crippen molar-refractivity contribution in [2.45, 2.75) is 0 Å². The Kier molecular flexibility index (Phi) is 3.83. The average molecular weight is 334 g/mol. The molecule has 0 aliphatic heterocycles. The minimum Gasteiger partial charge on any atom is -0.352 e. The van der Waals surface area contributed by atoms with E-state index in [4.69, 9.17) is 0 Å². The number of halogens is 1. The predicted molar refractivity (Wildman–Crippen MR) is 72.0 cm³/mol.